The summed E-state index contributed by atoms with van der Waals surface area (Å²) in [5.74, 6) is 0.318. The van der Waals surface area contributed by atoms with Gasteiger partial charge in [0.2, 0.25) is 5.82 Å². The lowest BCUT2D eigenvalue weighted by Crippen LogP contribution is -1.85. The zero-order valence-electron chi connectivity index (χ0n) is 9.62. The van der Waals surface area contributed by atoms with Gasteiger partial charge in [-0.3, -0.25) is 0 Å². The monoisotopic (exact) mass is 257 g/mol. The summed E-state index contributed by atoms with van der Waals surface area (Å²) in [5.41, 5.74) is 1.11. The minimum atomic E-state index is -0.429. The van der Waals surface area contributed by atoms with Crippen LogP contribution in [0.25, 0.3) is 23.0 Å². The number of rotatable bonds is 2. The Morgan fingerprint density at radius 2 is 1.84 bits per heavy atom. The van der Waals surface area contributed by atoms with Gasteiger partial charge in [0, 0.05) is 5.56 Å². The number of benzene rings is 1. The second-order valence-electron chi connectivity index (χ2n) is 3.83. The van der Waals surface area contributed by atoms with Crippen LogP contribution in [0.1, 0.15) is 0 Å². The Balaban J connectivity index is 1.95. The first-order valence-electron chi connectivity index (χ1n) is 5.47. The van der Waals surface area contributed by atoms with Crippen LogP contribution in [-0.2, 0) is 0 Å². The van der Waals surface area contributed by atoms with Crippen molar-refractivity contribution in [3.8, 4) is 28.7 Å². The van der Waals surface area contributed by atoms with Crippen molar-refractivity contribution >= 4 is 0 Å². The maximum Gasteiger partial charge on any atom is 0.276 e. The topological polar surface area (TPSA) is 72.0 Å². The molecule has 5 nitrogen and oxygen atoms in total. The fourth-order valence-corrected chi connectivity index (χ4v) is 1.56. The van der Waals surface area contributed by atoms with E-state index in [-0.39, 0.29) is 11.6 Å². The molecule has 0 atom stereocenters. The van der Waals surface area contributed by atoms with Crippen molar-refractivity contribution in [2.45, 2.75) is 0 Å². The fraction of sp³-hybridized carbons (Fsp3) is 0. The lowest BCUT2D eigenvalue weighted by atomic mass is 10.2. The van der Waals surface area contributed by atoms with Gasteiger partial charge in [-0.15, -0.1) is 0 Å². The number of phenolic OH excluding ortho intramolecular Hbond substituents is 1. The zero-order chi connectivity index (χ0) is 13.2. The Bertz CT molecular complexity index is 633. The van der Waals surface area contributed by atoms with E-state index >= 15 is 0 Å². The first-order chi connectivity index (χ1) is 9.22. The number of hydrogen-bond acceptors (Lipinski definition) is 5. The molecule has 3 rings (SSSR count). The second-order valence-corrected chi connectivity index (χ2v) is 3.83. The van der Waals surface area contributed by atoms with Crippen LogP contribution in [0.2, 0.25) is 0 Å². The number of phenols is 1. The van der Waals surface area contributed by atoms with Gasteiger partial charge >= 0.3 is 0 Å². The SMILES string of the molecule is Oc1ccc(-c2noc(-c3ccc(F)cn3)n2)cc1. The van der Waals surface area contributed by atoms with Crippen molar-refractivity contribution in [1.29, 1.82) is 0 Å². The average molecular weight is 257 g/mol. The number of aromatic hydroxyl groups is 1. The van der Waals surface area contributed by atoms with Gasteiger partial charge in [0.1, 0.15) is 17.3 Å². The Morgan fingerprint density at radius 1 is 1.05 bits per heavy atom. The van der Waals surface area contributed by atoms with E-state index in [1.807, 2.05) is 0 Å². The van der Waals surface area contributed by atoms with Gasteiger partial charge in [-0.05, 0) is 36.4 Å². The highest BCUT2D eigenvalue weighted by atomic mass is 19.1. The molecular formula is C13H8FN3O2. The molecule has 6 heteroatoms. The molecule has 0 fully saturated rings. The Morgan fingerprint density at radius 3 is 2.53 bits per heavy atom. The van der Waals surface area contributed by atoms with Crippen molar-refractivity contribution in [3.05, 3.63) is 48.4 Å². The lowest BCUT2D eigenvalue weighted by molar-refractivity contribution is 0.430. The summed E-state index contributed by atoms with van der Waals surface area (Å²) in [6.45, 7) is 0. The molecule has 19 heavy (non-hydrogen) atoms. The van der Waals surface area contributed by atoms with E-state index in [0.717, 1.165) is 6.20 Å². The Hall–Kier alpha value is -2.76. The zero-order valence-corrected chi connectivity index (χ0v) is 9.62. The van der Waals surface area contributed by atoms with Crippen molar-refractivity contribution in [2.24, 2.45) is 0 Å². The highest BCUT2D eigenvalue weighted by molar-refractivity contribution is 5.58. The fourth-order valence-electron chi connectivity index (χ4n) is 1.56. The van der Waals surface area contributed by atoms with Crippen LogP contribution in [0.5, 0.6) is 5.75 Å². The predicted molar refractivity (Wildman–Crippen MR) is 64.6 cm³/mol. The molecule has 0 aliphatic heterocycles. The molecule has 0 saturated heterocycles. The Labute approximate surface area is 107 Å². The van der Waals surface area contributed by atoms with Crippen LogP contribution in [0.15, 0.2) is 47.1 Å². The minimum absolute atomic E-state index is 0.160. The van der Waals surface area contributed by atoms with E-state index in [1.54, 1.807) is 12.1 Å². The second kappa shape index (κ2) is 4.49. The summed E-state index contributed by atoms with van der Waals surface area (Å²) in [7, 11) is 0. The molecule has 3 aromatic rings. The molecule has 0 radical (unpaired) electrons. The molecule has 1 N–H and O–H groups in total. The first-order valence-corrected chi connectivity index (χ1v) is 5.47. The van der Waals surface area contributed by atoms with Gasteiger partial charge in [-0.25, -0.2) is 9.37 Å². The van der Waals surface area contributed by atoms with Crippen LogP contribution < -0.4 is 0 Å². The van der Waals surface area contributed by atoms with Gasteiger partial charge in [-0.2, -0.15) is 4.98 Å². The molecule has 0 amide bonds. The summed E-state index contributed by atoms with van der Waals surface area (Å²) < 4.78 is 17.8. The maximum atomic E-state index is 12.8. The summed E-state index contributed by atoms with van der Waals surface area (Å²) in [6.07, 6.45) is 1.08. The van der Waals surface area contributed by atoms with E-state index in [1.165, 1.54) is 24.3 Å². The minimum Gasteiger partial charge on any atom is -0.508 e. The molecule has 0 aliphatic carbocycles. The molecule has 0 saturated carbocycles. The van der Waals surface area contributed by atoms with Crippen LogP contribution in [0.4, 0.5) is 4.39 Å². The molecular weight excluding hydrogens is 249 g/mol. The van der Waals surface area contributed by atoms with Gasteiger partial charge in [0.05, 0.1) is 6.20 Å². The highest BCUT2D eigenvalue weighted by Gasteiger charge is 2.11. The summed E-state index contributed by atoms with van der Waals surface area (Å²) >= 11 is 0. The molecule has 0 aliphatic rings. The number of halogens is 1. The quantitative estimate of drug-likeness (QED) is 0.764. The number of nitrogens with zero attached hydrogens (tertiary/aromatic N) is 3. The van der Waals surface area contributed by atoms with Crippen molar-refractivity contribution in [3.63, 3.8) is 0 Å². The third-order valence-electron chi connectivity index (χ3n) is 2.50. The van der Waals surface area contributed by atoms with Crippen molar-refractivity contribution in [2.75, 3.05) is 0 Å². The Kier molecular flexibility index (Phi) is 2.68. The maximum absolute atomic E-state index is 12.8. The molecule has 0 unspecified atom stereocenters. The van der Waals surface area contributed by atoms with E-state index in [2.05, 4.69) is 15.1 Å². The number of hydrogen-bond donors (Lipinski definition) is 1. The first kappa shape index (κ1) is 11.3. The average Bonchev–Trinajstić information content (AvgIpc) is 2.90. The third kappa shape index (κ3) is 2.28. The van der Waals surface area contributed by atoms with Crippen LogP contribution in [-0.4, -0.2) is 20.2 Å². The van der Waals surface area contributed by atoms with Crippen LogP contribution in [0, 0.1) is 5.82 Å². The third-order valence-corrected chi connectivity index (χ3v) is 2.50. The van der Waals surface area contributed by atoms with E-state index in [0.29, 0.717) is 17.1 Å². The standard InChI is InChI=1S/C13H8FN3O2/c14-9-3-6-11(15-7-9)13-16-12(17-19-13)8-1-4-10(18)5-2-8/h1-7,18H. The molecule has 1 aromatic carbocycles. The highest BCUT2D eigenvalue weighted by Crippen LogP contribution is 2.22. The molecule has 0 bridgehead atoms. The molecule has 0 spiro atoms. The normalized spacial score (nSPS) is 10.6. The molecule has 94 valence electrons. The van der Waals surface area contributed by atoms with Crippen LogP contribution in [0.3, 0.4) is 0 Å². The summed E-state index contributed by atoms with van der Waals surface area (Å²) in [6, 6.07) is 9.13. The van der Waals surface area contributed by atoms with Gasteiger partial charge in [-0.1, -0.05) is 5.16 Å². The largest absolute Gasteiger partial charge is 0.508 e. The van der Waals surface area contributed by atoms with Gasteiger partial charge in [0.25, 0.3) is 5.89 Å². The molecule has 2 aromatic heterocycles. The lowest BCUT2D eigenvalue weighted by Gasteiger charge is -1.94. The van der Waals surface area contributed by atoms with Crippen molar-refractivity contribution in [1.82, 2.24) is 15.1 Å². The van der Waals surface area contributed by atoms with E-state index < -0.39 is 5.82 Å². The van der Waals surface area contributed by atoms with E-state index in [4.69, 9.17) is 4.52 Å². The smallest absolute Gasteiger partial charge is 0.276 e. The summed E-state index contributed by atoms with van der Waals surface area (Å²) in [5, 5.41) is 13.0. The van der Waals surface area contributed by atoms with Gasteiger partial charge < -0.3 is 9.63 Å². The predicted octanol–water partition coefficient (Wildman–Crippen LogP) is 2.64. The summed E-state index contributed by atoms with van der Waals surface area (Å²) in [4.78, 5) is 8.02. The van der Waals surface area contributed by atoms with Crippen molar-refractivity contribution < 1.29 is 14.0 Å². The van der Waals surface area contributed by atoms with E-state index in [9.17, 15) is 9.50 Å². The number of pyridine rings is 1. The number of aromatic nitrogens is 3. The van der Waals surface area contributed by atoms with Gasteiger partial charge in [0.15, 0.2) is 0 Å². The van der Waals surface area contributed by atoms with Crippen LogP contribution >= 0.6 is 0 Å². The molecule has 2 heterocycles.